The van der Waals surface area contributed by atoms with Gasteiger partial charge in [0.25, 0.3) is 0 Å². The van der Waals surface area contributed by atoms with Gasteiger partial charge in [0.1, 0.15) is 11.6 Å². The van der Waals surface area contributed by atoms with Gasteiger partial charge < -0.3 is 9.73 Å². The molecule has 0 aliphatic rings. The summed E-state index contributed by atoms with van der Waals surface area (Å²) in [6.45, 7) is 1.24. The molecule has 1 heterocycles. The molecule has 0 bridgehead atoms. The van der Waals surface area contributed by atoms with E-state index in [1.54, 1.807) is 18.4 Å². The van der Waals surface area contributed by atoms with E-state index in [0.29, 0.717) is 17.1 Å². The van der Waals surface area contributed by atoms with Crippen molar-refractivity contribution in [3.05, 3.63) is 58.8 Å². The minimum atomic E-state index is -0.275. The Labute approximate surface area is 104 Å². The molecular weight excluding hydrogens is 241 g/mol. The highest BCUT2D eigenvalue weighted by Gasteiger charge is 2.02. The summed E-state index contributed by atoms with van der Waals surface area (Å²) in [7, 11) is 0. The molecule has 0 spiro atoms. The molecule has 2 rings (SSSR count). The molecule has 0 radical (unpaired) electrons. The lowest BCUT2D eigenvalue weighted by atomic mass is 10.2. The molecule has 1 aromatic heterocycles. The van der Waals surface area contributed by atoms with Crippen LogP contribution >= 0.6 is 11.6 Å². The number of rotatable bonds is 5. The third-order valence-corrected chi connectivity index (χ3v) is 2.69. The van der Waals surface area contributed by atoms with Crippen molar-refractivity contribution in [2.24, 2.45) is 0 Å². The summed E-state index contributed by atoms with van der Waals surface area (Å²) in [6, 6.07) is 8.48. The van der Waals surface area contributed by atoms with Crippen molar-refractivity contribution in [3.8, 4) is 0 Å². The summed E-state index contributed by atoms with van der Waals surface area (Å²) in [5.41, 5.74) is 0.619. The Kier molecular flexibility index (Phi) is 4.18. The van der Waals surface area contributed by atoms with E-state index in [1.807, 2.05) is 12.1 Å². The average Bonchev–Trinajstić information content (AvgIpc) is 2.79. The highest BCUT2D eigenvalue weighted by molar-refractivity contribution is 6.30. The Balaban J connectivity index is 1.78. The summed E-state index contributed by atoms with van der Waals surface area (Å²) in [4.78, 5) is 0. The molecule has 1 N–H and O–H groups in total. The van der Waals surface area contributed by atoms with Crippen LogP contribution in [-0.4, -0.2) is 6.54 Å². The Bertz CT molecular complexity index is 470. The number of benzene rings is 1. The fourth-order valence-electron chi connectivity index (χ4n) is 1.55. The predicted octanol–water partition coefficient (Wildman–Crippen LogP) is 3.40. The monoisotopic (exact) mass is 253 g/mol. The van der Waals surface area contributed by atoms with E-state index in [2.05, 4.69) is 5.32 Å². The molecule has 1 aromatic carbocycles. The van der Waals surface area contributed by atoms with Gasteiger partial charge in [-0.3, -0.25) is 0 Å². The highest BCUT2D eigenvalue weighted by Crippen LogP contribution is 2.14. The quantitative estimate of drug-likeness (QED) is 0.827. The third kappa shape index (κ3) is 3.58. The fourth-order valence-corrected chi connectivity index (χ4v) is 1.71. The van der Waals surface area contributed by atoms with E-state index in [9.17, 15) is 4.39 Å². The van der Waals surface area contributed by atoms with Gasteiger partial charge in [-0.15, -0.1) is 0 Å². The maximum Gasteiger partial charge on any atom is 0.129 e. The zero-order valence-electron chi connectivity index (χ0n) is 9.25. The van der Waals surface area contributed by atoms with Gasteiger partial charge in [0.2, 0.25) is 0 Å². The van der Waals surface area contributed by atoms with Crippen LogP contribution in [0.15, 0.2) is 41.0 Å². The second kappa shape index (κ2) is 5.84. The highest BCUT2D eigenvalue weighted by atomic mass is 35.5. The van der Waals surface area contributed by atoms with Crippen LogP contribution in [0.2, 0.25) is 5.02 Å². The van der Waals surface area contributed by atoms with Crippen molar-refractivity contribution >= 4 is 11.6 Å². The van der Waals surface area contributed by atoms with Crippen LogP contribution in [0, 0.1) is 5.82 Å². The van der Waals surface area contributed by atoms with Crippen molar-refractivity contribution in [2.45, 2.75) is 13.0 Å². The molecule has 17 heavy (non-hydrogen) atoms. The molecule has 0 unspecified atom stereocenters. The Morgan fingerprint density at radius 2 is 2.18 bits per heavy atom. The van der Waals surface area contributed by atoms with Crippen molar-refractivity contribution in [1.29, 1.82) is 0 Å². The molecule has 0 saturated carbocycles. The zero-order valence-corrected chi connectivity index (χ0v) is 10.0. The van der Waals surface area contributed by atoms with Crippen LogP contribution in [0.1, 0.15) is 11.3 Å². The van der Waals surface area contributed by atoms with Gasteiger partial charge >= 0.3 is 0 Å². The second-order valence-corrected chi connectivity index (χ2v) is 4.18. The van der Waals surface area contributed by atoms with Crippen LogP contribution in [0.3, 0.4) is 0 Å². The zero-order chi connectivity index (χ0) is 12.1. The van der Waals surface area contributed by atoms with Crippen LogP contribution in [0.5, 0.6) is 0 Å². The topological polar surface area (TPSA) is 25.2 Å². The van der Waals surface area contributed by atoms with Crippen molar-refractivity contribution in [3.63, 3.8) is 0 Å². The first kappa shape index (κ1) is 12.1. The Morgan fingerprint density at radius 3 is 2.88 bits per heavy atom. The van der Waals surface area contributed by atoms with Crippen LogP contribution in [0.4, 0.5) is 4.39 Å². The number of furan rings is 1. The molecule has 4 heteroatoms. The number of hydrogen-bond donors (Lipinski definition) is 1. The predicted molar refractivity (Wildman–Crippen MR) is 65.5 cm³/mol. The molecule has 0 aliphatic carbocycles. The normalized spacial score (nSPS) is 10.7. The lowest BCUT2D eigenvalue weighted by molar-refractivity contribution is 0.497. The van der Waals surface area contributed by atoms with Crippen molar-refractivity contribution in [2.75, 3.05) is 6.54 Å². The summed E-state index contributed by atoms with van der Waals surface area (Å²) in [5.74, 6) is 0.650. The SMILES string of the molecule is Fc1cc(Cl)ccc1CNCCc1ccco1. The fraction of sp³-hybridized carbons (Fsp3) is 0.231. The minimum absolute atomic E-state index is 0.275. The molecule has 0 fully saturated rings. The van der Waals surface area contributed by atoms with E-state index in [0.717, 1.165) is 18.7 Å². The molecule has 2 aromatic rings. The standard InChI is InChI=1S/C13H13ClFNO/c14-11-4-3-10(13(15)8-11)9-16-6-5-12-2-1-7-17-12/h1-4,7-8,16H,5-6,9H2. The van der Waals surface area contributed by atoms with Crippen LogP contribution < -0.4 is 5.32 Å². The maximum absolute atomic E-state index is 13.4. The number of nitrogens with one attached hydrogen (secondary N) is 1. The molecule has 0 atom stereocenters. The van der Waals surface area contributed by atoms with E-state index >= 15 is 0 Å². The van der Waals surface area contributed by atoms with Gasteiger partial charge in [0.05, 0.1) is 6.26 Å². The smallest absolute Gasteiger partial charge is 0.129 e. The minimum Gasteiger partial charge on any atom is -0.469 e. The first-order valence-electron chi connectivity index (χ1n) is 5.43. The van der Waals surface area contributed by atoms with Gasteiger partial charge in [-0.2, -0.15) is 0 Å². The van der Waals surface area contributed by atoms with E-state index < -0.39 is 0 Å². The molecular formula is C13H13ClFNO. The molecule has 2 nitrogen and oxygen atoms in total. The van der Waals surface area contributed by atoms with Gasteiger partial charge in [0.15, 0.2) is 0 Å². The Morgan fingerprint density at radius 1 is 1.29 bits per heavy atom. The molecule has 0 saturated heterocycles. The lowest BCUT2D eigenvalue weighted by Crippen LogP contribution is -2.17. The lowest BCUT2D eigenvalue weighted by Gasteiger charge is -2.05. The first-order valence-corrected chi connectivity index (χ1v) is 5.80. The second-order valence-electron chi connectivity index (χ2n) is 3.74. The molecule has 0 aliphatic heterocycles. The summed E-state index contributed by atoms with van der Waals surface area (Å²) in [5, 5.41) is 3.58. The largest absolute Gasteiger partial charge is 0.469 e. The third-order valence-electron chi connectivity index (χ3n) is 2.46. The van der Waals surface area contributed by atoms with E-state index in [4.69, 9.17) is 16.0 Å². The number of halogens is 2. The van der Waals surface area contributed by atoms with E-state index in [-0.39, 0.29) is 5.82 Å². The number of hydrogen-bond acceptors (Lipinski definition) is 2. The van der Waals surface area contributed by atoms with E-state index in [1.165, 1.54) is 6.07 Å². The van der Waals surface area contributed by atoms with Gasteiger partial charge in [-0.1, -0.05) is 17.7 Å². The molecule has 0 amide bonds. The van der Waals surface area contributed by atoms with Gasteiger partial charge in [-0.25, -0.2) is 4.39 Å². The van der Waals surface area contributed by atoms with Crippen LogP contribution in [0.25, 0.3) is 0 Å². The summed E-state index contributed by atoms with van der Waals surface area (Å²) >= 11 is 5.67. The van der Waals surface area contributed by atoms with Crippen molar-refractivity contribution in [1.82, 2.24) is 5.32 Å². The maximum atomic E-state index is 13.4. The summed E-state index contributed by atoms with van der Waals surface area (Å²) < 4.78 is 18.6. The first-order chi connectivity index (χ1) is 8.25. The molecule has 90 valence electrons. The average molecular weight is 254 g/mol. The van der Waals surface area contributed by atoms with Gasteiger partial charge in [-0.05, 0) is 24.3 Å². The van der Waals surface area contributed by atoms with Gasteiger partial charge in [0, 0.05) is 30.1 Å². The van der Waals surface area contributed by atoms with Crippen LogP contribution in [-0.2, 0) is 13.0 Å². The Hall–Kier alpha value is -1.32. The summed E-state index contributed by atoms with van der Waals surface area (Å²) in [6.07, 6.45) is 2.44. The van der Waals surface area contributed by atoms with Crippen molar-refractivity contribution < 1.29 is 8.81 Å².